The van der Waals surface area contributed by atoms with Gasteiger partial charge >= 0.3 is 6.18 Å². The number of piperidine rings is 1. The molecule has 2 fully saturated rings. The molecule has 0 bridgehead atoms. The van der Waals surface area contributed by atoms with Crippen molar-refractivity contribution in [1.82, 2.24) is 4.90 Å². The molecule has 0 radical (unpaired) electrons. The van der Waals surface area contributed by atoms with Crippen LogP contribution in [-0.2, 0) is 22.4 Å². The molecule has 0 unspecified atom stereocenters. The minimum absolute atomic E-state index is 0.0198. The molecule has 0 amide bonds. The van der Waals surface area contributed by atoms with Gasteiger partial charge in [0.05, 0.1) is 17.1 Å². The summed E-state index contributed by atoms with van der Waals surface area (Å²) in [6, 6.07) is 5.40. The monoisotopic (exact) mass is 375 g/mol. The molecule has 2 aliphatic heterocycles. The van der Waals surface area contributed by atoms with Gasteiger partial charge in [0.2, 0.25) is 0 Å². The average molecular weight is 375 g/mol. The molecule has 2 saturated heterocycles. The molecule has 140 valence electrons. The molecule has 0 saturated carbocycles. The number of hydrogen-bond donors (Lipinski definition) is 0. The molecule has 2 heterocycles. The van der Waals surface area contributed by atoms with Gasteiger partial charge < -0.3 is 4.90 Å². The van der Waals surface area contributed by atoms with Gasteiger partial charge in [-0.15, -0.1) is 0 Å². The molecule has 0 N–H and O–H groups in total. The Balaban J connectivity index is 1.46. The summed E-state index contributed by atoms with van der Waals surface area (Å²) in [6.07, 6.45) is -1.68. The maximum atomic E-state index is 12.6. The largest absolute Gasteiger partial charge is 0.416 e. The van der Waals surface area contributed by atoms with E-state index in [0.717, 1.165) is 56.6 Å². The lowest BCUT2D eigenvalue weighted by atomic mass is 9.81. The summed E-state index contributed by atoms with van der Waals surface area (Å²) in [7, 11) is -2.78. The van der Waals surface area contributed by atoms with Gasteiger partial charge in [-0.1, -0.05) is 19.1 Å². The molecule has 1 atom stereocenters. The van der Waals surface area contributed by atoms with E-state index in [4.69, 9.17) is 0 Å². The van der Waals surface area contributed by atoms with Gasteiger partial charge in [0, 0.05) is 12.0 Å². The van der Waals surface area contributed by atoms with Crippen molar-refractivity contribution >= 4 is 9.84 Å². The topological polar surface area (TPSA) is 37.4 Å². The maximum Gasteiger partial charge on any atom is 0.416 e. The van der Waals surface area contributed by atoms with Crippen molar-refractivity contribution in [2.24, 2.45) is 11.3 Å². The highest BCUT2D eigenvalue weighted by Gasteiger charge is 2.49. The Morgan fingerprint density at radius 3 is 2.16 bits per heavy atom. The third kappa shape index (κ3) is 4.56. The molecule has 3 rings (SSSR count). The van der Waals surface area contributed by atoms with E-state index in [-0.39, 0.29) is 5.41 Å². The highest BCUT2D eigenvalue weighted by atomic mass is 32.2. The summed E-state index contributed by atoms with van der Waals surface area (Å²) in [4.78, 5) is 2.35. The van der Waals surface area contributed by atoms with Crippen LogP contribution in [0.4, 0.5) is 13.2 Å². The van der Waals surface area contributed by atoms with Crippen LogP contribution < -0.4 is 0 Å². The van der Waals surface area contributed by atoms with E-state index < -0.39 is 21.6 Å². The standard InChI is InChI=1S/C18H24F3NO2S/c1-14(10-15-2-4-16(5-3-15)18(19,20)21)11-22-8-6-17(7-9-22)12-25(23,24)13-17/h2-5,14H,6-13H2,1H3/t14-/m1/s1. The van der Waals surface area contributed by atoms with Crippen LogP contribution in [-0.4, -0.2) is 44.5 Å². The quantitative estimate of drug-likeness (QED) is 0.810. The van der Waals surface area contributed by atoms with Crippen LogP contribution in [0.5, 0.6) is 0 Å². The van der Waals surface area contributed by atoms with Gasteiger partial charge in [-0.05, 0) is 56.0 Å². The SMILES string of the molecule is C[C@H](Cc1ccc(C(F)(F)F)cc1)CN1CCC2(CC1)CS(=O)(=O)C2. The van der Waals surface area contributed by atoms with Gasteiger partial charge in [-0.25, -0.2) is 8.42 Å². The van der Waals surface area contributed by atoms with Crippen molar-refractivity contribution < 1.29 is 21.6 Å². The van der Waals surface area contributed by atoms with Crippen molar-refractivity contribution in [3.8, 4) is 0 Å². The number of nitrogens with zero attached hydrogens (tertiary/aromatic N) is 1. The fourth-order valence-electron chi connectivity index (χ4n) is 4.13. The van der Waals surface area contributed by atoms with Crippen molar-refractivity contribution in [2.45, 2.75) is 32.4 Å². The molecule has 3 nitrogen and oxygen atoms in total. The van der Waals surface area contributed by atoms with Gasteiger partial charge in [-0.2, -0.15) is 13.2 Å². The highest BCUT2D eigenvalue weighted by Crippen LogP contribution is 2.42. The predicted molar refractivity (Wildman–Crippen MR) is 91.1 cm³/mol. The first kappa shape index (κ1) is 18.7. The summed E-state index contributed by atoms with van der Waals surface area (Å²) >= 11 is 0. The number of halogens is 3. The summed E-state index contributed by atoms with van der Waals surface area (Å²) in [5.41, 5.74) is 0.325. The number of rotatable bonds is 4. The van der Waals surface area contributed by atoms with E-state index in [1.165, 1.54) is 0 Å². The molecule has 2 aliphatic rings. The Bertz CT molecular complexity index is 691. The molecule has 1 aromatic rings. The summed E-state index contributed by atoms with van der Waals surface area (Å²) in [6.45, 7) is 4.82. The average Bonchev–Trinajstić information content (AvgIpc) is 2.47. The molecule has 7 heteroatoms. The minimum atomic E-state index is -4.29. The zero-order chi connectivity index (χ0) is 18.3. The second-order valence-corrected chi connectivity index (χ2v) is 9.90. The third-order valence-electron chi connectivity index (χ3n) is 5.40. The Morgan fingerprint density at radius 2 is 1.68 bits per heavy atom. The van der Waals surface area contributed by atoms with Crippen LogP contribution in [0.3, 0.4) is 0 Å². The number of hydrogen-bond acceptors (Lipinski definition) is 3. The summed E-state index contributed by atoms with van der Waals surface area (Å²) < 4.78 is 60.6. The maximum absolute atomic E-state index is 12.6. The zero-order valence-corrected chi connectivity index (χ0v) is 15.2. The zero-order valence-electron chi connectivity index (χ0n) is 14.3. The molecule has 0 aliphatic carbocycles. The lowest BCUT2D eigenvalue weighted by Gasteiger charge is -2.47. The highest BCUT2D eigenvalue weighted by molar-refractivity contribution is 7.92. The van der Waals surface area contributed by atoms with Crippen LogP contribution in [0, 0.1) is 11.3 Å². The van der Waals surface area contributed by atoms with Crippen LogP contribution in [0.2, 0.25) is 0 Å². The molecular weight excluding hydrogens is 351 g/mol. The number of benzene rings is 1. The second-order valence-electron chi connectivity index (χ2n) is 7.84. The van der Waals surface area contributed by atoms with Crippen molar-refractivity contribution in [2.75, 3.05) is 31.1 Å². The van der Waals surface area contributed by atoms with Crippen LogP contribution >= 0.6 is 0 Å². The van der Waals surface area contributed by atoms with E-state index in [9.17, 15) is 21.6 Å². The summed E-state index contributed by atoms with van der Waals surface area (Å²) in [5.74, 6) is 1.03. The fourth-order valence-corrected chi connectivity index (χ4v) is 6.49. The molecular formula is C18H24F3NO2S. The molecule has 1 aromatic carbocycles. The van der Waals surface area contributed by atoms with E-state index in [0.29, 0.717) is 17.4 Å². The van der Waals surface area contributed by atoms with Crippen LogP contribution in [0.15, 0.2) is 24.3 Å². The van der Waals surface area contributed by atoms with E-state index in [1.807, 2.05) is 0 Å². The number of likely N-dealkylation sites (tertiary alicyclic amines) is 1. The summed E-state index contributed by atoms with van der Waals surface area (Å²) in [5, 5.41) is 0. The molecule has 0 aromatic heterocycles. The van der Waals surface area contributed by atoms with Gasteiger partial charge in [-0.3, -0.25) is 0 Å². The first-order valence-electron chi connectivity index (χ1n) is 8.66. The normalized spacial score (nSPS) is 24.0. The Hall–Kier alpha value is -1.08. The van der Waals surface area contributed by atoms with Crippen molar-refractivity contribution in [3.05, 3.63) is 35.4 Å². The first-order valence-corrected chi connectivity index (χ1v) is 10.5. The van der Waals surface area contributed by atoms with Gasteiger partial charge in [0.25, 0.3) is 0 Å². The van der Waals surface area contributed by atoms with Crippen molar-refractivity contribution in [1.29, 1.82) is 0 Å². The van der Waals surface area contributed by atoms with Crippen LogP contribution in [0.1, 0.15) is 30.9 Å². The third-order valence-corrected chi connectivity index (χ3v) is 7.51. The van der Waals surface area contributed by atoms with E-state index in [2.05, 4.69) is 11.8 Å². The smallest absolute Gasteiger partial charge is 0.303 e. The lowest BCUT2D eigenvalue weighted by molar-refractivity contribution is -0.137. The Labute approximate surface area is 147 Å². The predicted octanol–water partition coefficient (Wildman–Crippen LogP) is 3.39. The molecule has 1 spiro atoms. The minimum Gasteiger partial charge on any atom is -0.303 e. The van der Waals surface area contributed by atoms with Gasteiger partial charge in [0.1, 0.15) is 0 Å². The fraction of sp³-hybridized carbons (Fsp3) is 0.667. The van der Waals surface area contributed by atoms with Crippen LogP contribution in [0.25, 0.3) is 0 Å². The molecule has 25 heavy (non-hydrogen) atoms. The first-order chi connectivity index (χ1) is 11.6. The number of alkyl halides is 3. The van der Waals surface area contributed by atoms with E-state index >= 15 is 0 Å². The van der Waals surface area contributed by atoms with Crippen molar-refractivity contribution in [3.63, 3.8) is 0 Å². The Morgan fingerprint density at radius 1 is 1.12 bits per heavy atom. The van der Waals surface area contributed by atoms with E-state index in [1.54, 1.807) is 12.1 Å². The second kappa shape index (κ2) is 6.58. The van der Waals surface area contributed by atoms with Gasteiger partial charge in [0.15, 0.2) is 9.84 Å². The number of sulfone groups is 1. The lowest BCUT2D eigenvalue weighted by Crippen LogP contribution is -2.55. The Kier molecular flexibility index (Phi) is 4.92.